The first kappa shape index (κ1) is 15.8. The number of hydrogen-bond acceptors (Lipinski definition) is 3. The van der Waals surface area contributed by atoms with E-state index in [9.17, 15) is 15.8 Å². The molecule has 3 rings (SSSR count). The zero-order valence-electron chi connectivity index (χ0n) is 13.4. The van der Waals surface area contributed by atoms with Crippen molar-refractivity contribution in [3.63, 3.8) is 0 Å². The van der Waals surface area contributed by atoms with Crippen molar-refractivity contribution in [2.75, 3.05) is 0 Å². The van der Waals surface area contributed by atoms with E-state index >= 15 is 0 Å². The van der Waals surface area contributed by atoms with Gasteiger partial charge >= 0.3 is 0 Å². The minimum atomic E-state index is -1.12. The van der Waals surface area contributed by atoms with E-state index in [-0.39, 0.29) is 12.3 Å². The summed E-state index contributed by atoms with van der Waals surface area (Å²) in [7, 11) is 0. The summed E-state index contributed by atoms with van der Waals surface area (Å²) in [5.74, 6) is -0.0840. The van der Waals surface area contributed by atoms with Gasteiger partial charge in [-0.1, -0.05) is 48.6 Å². The van der Waals surface area contributed by atoms with Gasteiger partial charge in [0.1, 0.15) is 6.07 Å². The van der Waals surface area contributed by atoms with Crippen LogP contribution in [0.1, 0.15) is 30.4 Å². The van der Waals surface area contributed by atoms with Crippen LogP contribution in [-0.2, 0) is 6.42 Å². The van der Waals surface area contributed by atoms with Crippen LogP contribution in [0.4, 0.5) is 0 Å². The van der Waals surface area contributed by atoms with Gasteiger partial charge in [0.2, 0.25) is 0 Å². The lowest BCUT2D eigenvalue weighted by atomic mass is 9.69. The fourth-order valence-electron chi connectivity index (χ4n) is 3.52. The maximum absolute atomic E-state index is 9.78. The summed E-state index contributed by atoms with van der Waals surface area (Å²) in [5.41, 5.74) is 0.228. The van der Waals surface area contributed by atoms with Gasteiger partial charge in [-0.3, -0.25) is 0 Å². The van der Waals surface area contributed by atoms with Crippen LogP contribution in [0.25, 0.3) is 10.8 Å². The Kier molecular flexibility index (Phi) is 4.33. The Morgan fingerprint density at radius 2 is 1.83 bits per heavy atom. The van der Waals surface area contributed by atoms with E-state index in [4.69, 9.17) is 0 Å². The Balaban J connectivity index is 2.09. The summed E-state index contributed by atoms with van der Waals surface area (Å²) in [4.78, 5) is 0. The lowest BCUT2D eigenvalue weighted by molar-refractivity contribution is 0.340. The van der Waals surface area contributed by atoms with Gasteiger partial charge < -0.3 is 0 Å². The molecule has 2 aromatic rings. The molecule has 2 aromatic carbocycles. The normalized spacial score (nSPS) is 17.0. The number of hydrogen-bond donors (Lipinski definition) is 0. The first-order valence-electron chi connectivity index (χ1n) is 8.14. The second-order valence-electron chi connectivity index (χ2n) is 6.27. The highest BCUT2D eigenvalue weighted by atomic mass is 14.5. The second kappa shape index (κ2) is 6.57. The number of nitrogens with zero attached hydrogens (tertiary/aromatic N) is 3. The Morgan fingerprint density at radius 3 is 2.50 bits per heavy atom. The molecule has 1 aliphatic carbocycles. The molecule has 1 atom stereocenters. The lowest BCUT2D eigenvalue weighted by Crippen LogP contribution is -2.30. The van der Waals surface area contributed by atoms with Crippen molar-refractivity contribution in [2.45, 2.75) is 25.7 Å². The van der Waals surface area contributed by atoms with Crippen molar-refractivity contribution in [1.82, 2.24) is 0 Å². The molecule has 24 heavy (non-hydrogen) atoms. The predicted octanol–water partition coefficient (Wildman–Crippen LogP) is 4.64. The molecule has 0 radical (unpaired) electrons. The zero-order chi connectivity index (χ0) is 17.0. The maximum Gasteiger partial charge on any atom is 0.154 e. The van der Waals surface area contributed by atoms with E-state index in [0.717, 1.165) is 35.6 Å². The molecule has 0 aromatic heterocycles. The molecule has 0 aliphatic heterocycles. The zero-order valence-corrected chi connectivity index (χ0v) is 13.4. The molecule has 3 heteroatoms. The highest BCUT2D eigenvalue weighted by molar-refractivity contribution is 5.89. The maximum atomic E-state index is 9.78. The molecule has 0 saturated carbocycles. The largest absolute Gasteiger partial charge is 0.197 e. The number of nitriles is 3. The van der Waals surface area contributed by atoms with E-state index in [1.807, 2.05) is 42.5 Å². The van der Waals surface area contributed by atoms with E-state index in [0.29, 0.717) is 5.56 Å². The van der Waals surface area contributed by atoms with Crippen molar-refractivity contribution in [3.8, 4) is 18.2 Å². The third-order valence-corrected chi connectivity index (χ3v) is 4.88. The van der Waals surface area contributed by atoms with Crippen LogP contribution in [0, 0.1) is 45.3 Å². The van der Waals surface area contributed by atoms with E-state index in [1.54, 1.807) is 0 Å². The van der Waals surface area contributed by atoms with Crippen molar-refractivity contribution in [3.05, 3.63) is 59.7 Å². The number of rotatable bonds is 3. The summed E-state index contributed by atoms with van der Waals surface area (Å²) in [6.07, 6.45) is 7.18. The molecule has 116 valence electrons. The van der Waals surface area contributed by atoms with Crippen LogP contribution in [-0.4, -0.2) is 0 Å². The fraction of sp³-hybridized carbons (Fsp3) is 0.286. The summed E-state index contributed by atoms with van der Waals surface area (Å²) < 4.78 is 0. The van der Waals surface area contributed by atoms with Crippen LogP contribution in [0.15, 0.2) is 48.6 Å². The smallest absolute Gasteiger partial charge is 0.154 e. The van der Waals surface area contributed by atoms with Crippen LogP contribution >= 0.6 is 0 Å². The summed E-state index contributed by atoms with van der Waals surface area (Å²) in [6, 6.07) is 18.4. The third kappa shape index (κ3) is 2.64. The highest BCUT2D eigenvalue weighted by Crippen LogP contribution is 2.38. The number of allylic oxidation sites excluding steroid dienone is 2. The minimum Gasteiger partial charge on any atom is -0.197 e. The third-order valence-electron chi connectivity index (χ3n) is 4.88. The van der Waals surface area contributed by atoms with Crippen LogP contribution in [0.5, 0.6) is 0 Å². The van der Waals surface area contributed by atoms with Gasteiger partial charge in [-0.15, -0.1) is 0 Å². The van der Waals surface area contributed by atoms with Crippen LogP contribution < -0.4 is 0 Å². The van der Waals surface area contributed by atoms with Gasteiger partial charge in [-0.25, -0.2) is 0 Å². The summed E-state index contributed by atoms with van der Waals surface area (Å²) >= 11 is 0. The van der Waals surface area contributed by atoms with Gasteiger partial charge in [0.25, 0.3) is 0 Å². The van der Waals surface area contributed by atoms with E-state index in [2.05, 4.69) is 24.3 Å². The van der Waals surface area contributed by atoms with Crippen LogP contribution in [0.3, 0.4) is 0 Å². The quantitative estimate of drug-likeness (QED) is 0.775. The second-order valence-corrected chi connectivity index (χ2v) is 6.27. The Labute approximate surface area is 142 Å². The molecule has 0 saturated heterocycles. The molecule has 0 fully saturated rings. The van der Waals surface area contributed by atoms with E-state index < -0.39 is 5.41 Å². The Morgan fingerprint density at radius 1 is 1.04 bits per heavy atom. The summed E-state index contributed by atoms with van der Waals surface area (Å²) in [6.45, 7) is 0. The molecule has 0 spiro atoms. The van der Waals surface area contributed by atoms with Crippen molar-refractivity contribution in [2.24, 2.45) is 11.3 Å². The molecule has 0 heterocycles. The molecule has 1 unspecified atom stereocenters. The van der Waals surface area contributed by atoms with Crippen molar-refractivity contribution >= 4 is 10.8 Å². The number of fused-ring (bicyclic) bond motifs is 1. The summed E-state index contributed by atoms with van der Waals surface area (Å²) in [5, 5.41) is 31.1. The van der Waals surface area contributed by atoms with Gasteiger partial charge in [0.15, 0.2) is 5.41 Å². The molecule has 3 nitrogen and oxygen atoms in total. The monoisotopic (exact) mass is 311 g/mol. The van der Waals surface area contributed by atoms with Gasteiger partial charge in [-0.2, -0.15) is 15.8 Å². The predicted molar refractivity (Wildman–Crippen MR) is 92.5 cm³/mol. The molecule has 0 bridgehead atoms. The van der Waals surface area contributed by atoms with Crippen LogP contribution in [0.2, 0.25) is 0 Å². The minimum absolute atomic E-state index is 0.0840. The van der Waals surface area contributed by atoms with E-state index in [1.165, 1.54) is 0 Å². The Hall–Kier alpha value is -3.09. The standard InChI is InChI=1S/C21H17N3/c22-13-20-17(11-10-16-6-4-5-9-19(16)20)12-21(14-23,15-24)18-7-2-1-3-8-18/h2,4-7,9-11,18H,1,3,8,12H2. The number of benzene rings is 2. The molecular weight excluding hydrogens is 294 g/mol. The van der Waals surface area contributed by atoms with Crippen molar-refractivity contribution < 1.29 is 0 Å². The van der Waals surface area contributed by atoms with Gasteiger partial charge in [0.05, 0.1) is 17.7 Å². The lowest BCUT2D eigenvalue weighted by Gasteiger charge is -2.29. The SMILES string of the molecule is N#Cc1c(CC(C#N)(C#N)C2C=CCCC2)ccc2ccccc12. The topological polar surface area (TPSA) is 71.4 Å². The molecule has 1 aliphatic rings. The Bertz CT molecular complexity index is 905. The fourth-order valence-corrected chi connectivity index (χ4v) is 3.52. The molecule has 0 N–H and O–H groups in total. The average Bonchev–Trinajstić information content (AvgIpc) is 2.66. The first-order chi connectivity index (χ1) is 11.7. The molecular formula is C21H17N3. The average molecular weight is 311 g/mol. The van der Waals surface area contributed by atoms with Crippen molar-refractivity contribution in [1.29, 1.82) is 15.8 Å². The van der Waals surface area contributed by atoms with Gasteiger partial charge in [0, 0.05) is 12.3 Å². The molecule has 0 amide bonds. The van der Waals surface area contributed by atoms with Gasteiger partial charge in [-0.05, 0) is 35.6 Å². The highest BCUT2D eigenvalue weighted by Gasteiger charge is 2.39. The first-order valence-corrected chi connectivity index (χ1v) is 8.14.